The third kappa shape index (κ3) is 3.21. The van der Waals surface area contributed by atoms with Crippen LogP contribution in [0.25, 0.3) is 11.2 Å². The fourth-order valence-electron chi connectivity index (χ4n) is 2.55. The van der Waals surface area contributed by atoms with E-state index >= 15 is 0 Å². The second-order valence-electron chi connectivity index (χ2n) is 5.45. The van der Waals surface area contributed by atoms with Crippen LogP contribution in [0.1, 0.15) is 41.5 Å². The summed E-state index contributed by atoms with van der Waals surface area (Å²) in [5.41, 5.74) is 2.91. The van der Waals surface area contributed by atoms with Crippen LogP contribution in [-0.4, -0.2) is 30.6 Å². The lowest BCUT2D eigenvalue weighted by Gasteiger charge is -2.09. The molecule has 0 saturated heterocycles. The zero-order chi connectivity index (χ0) is 16.2. The second-order valence-corrected chi connectivity index (χ2v) is 5.45. The number of benzene rings is 1. The van der Waals surface area contributed by atoms with Crippen molar-refractivity contribution in [3.8, 4) is 0 Å². The minimum atomic E-state index is -0.916. The van der Waals surface area contributed by atoms with E-state index in [1.165, 1.54) is 6.33 Å². The number of hydrogen-bond acceptors (Lipinski definition) is 4. The smallest absolute Gasteiger partial charge is 0.335 e. The number of aryl methyl sites for hydroxylation is 1. The van der Waals surface area contributed by atoms with E-state index in [1.807, 2.05) is 12.1 Å². The zero-order valence-corrected chi connectivity index (χ0v) is 12.9. The van der Waals surface area contributed by atoms with Crippen molar-refractivity contribution in [2.24, 2.45) is 0 Å². The molecule has 0 atom stereocenters. The van der Waals surface area contributed by atoms with E-state index in [2.05, 4.69) is 26.4 Å². The fraction of sp³-hybridized carbons (Fsp3) is 0.294. The van der Waals surface area contributed by atoms with Gasteiger partial charge in [0, 0.05) is 6.42 Å². The molecule has 0 radical (unpaired) electrons. The normalized spacial score (nSPS) is 11.0. The van der Waals surface area contributed by atoms with Crippen LogP contribution in [0.2, 0.25) is 0 Å². The number of carbonyl (C=O) groups is 1. The van der Waals surface area contributed by atoms with Gasteiger partial charge in [0.05, 0.1) is 18.3 Å². The summed E-state index contributed by atoms with van der Waals surface area (Å²) in [7, 11) is 0. The van der Waals surface area contributed by atoms with Crippen LogP contribution in [-0.2, 0) is 13.0 Å². The maximum absolute atomic E-state index is 10.9. The van der Waals surface area contributed by atoms with E-state index in [4.69, 9.17) is 5.11 Å². The first kappa shape index (κ1) is 15.1. The van der Waals surface area contributed by atoms with Crippen molar-refractivity contribution in [3.05, 3.63) is 53.7 Å². The lowest BCUT2D eigenvalue weighted by Crippen LogP contribution is -2.06. The third-order valence-electron chi connectivity index (χ3n) is 3.78. The number of imidazole rings is 1. The molecule has 3 aromatic rings. The highest BCUT2D eigenvalue weighted by atomic mass is 16.4. The molecule has 0 aliphatic rings. The molecule has 1 aromatic carbocycles. The van der Waals surface area contributed by atoms with Crippen LogP contribution >= 0.6 is 0 Å². The van der Waals surface area contributed by atoms with Crippen molar-refractivity contribution in [3.63, 3.8) is 0 Å². The van der Waals surface area contributed by atoms with E-state index in [9.17, 15) is 4.79 Å². The predicted octanol–water partition coefficient (Wildman–Crippen LogP) is 2.92. The molecule has 118 valence electrons. The Labute approximate surface area is 133 Å². The first-order valence-corrected chi connectivity index (χ1v) is 7.66. The van der Waals surface area contributed by atoms with Crippen molar-refractivity contribution >= 4 is 17.1 Å². The summed E-state index contributed by atoms with van der Waals surface area (Å²) in [6, 6.07) is 6.91. The van der Waals surface area contributed by atoms with Crippen LogP contribution in [0.15, 0.2) is 36.8 Å². The number of aromatic nitrogens is 4. The van der Waals surface area contributed by atoms with Gasteiger partial charge in [-0.15, -0.1) is 0 Å². The van der Waals surface area contributed by atoms with Crippen molar-refractivity contribution in [2.75, 3.05) is 0 Å². The predicted molar refractivity (Wildman–Crippen MR) is 86.4 cm³/mol. The van der Waals surface area contributed by atoms with E-state index < -0.39 is 5.97 Å². The third-order valence-corrected chi connectivity index (χ3v) is 3.78. The molecule has 0 bridgehead atoms. The Morgan fingerprint density at radius 3 is 2.74 bits per heavy atom. The van der Waals surface area contributed by atoms with Crippen molar-refractivity contribution in [2.45, 2.75) is 32.7 Å². The average molecular weight is 310 g/mol. The number of nitrogens with zero attached hydrogens (tertiary/aromatic N) is 4. The van der Waals surface area contributed by atoms with Crippen LogP contribution in [0.4, 0.5) is 0 Å². The highest BCUT2D eigenvalue weighted by Gasteiger charge is 2.12. The van der Waals surface area contributed by atoms with E-state index in [-0.39, 0.29) is 5.56 Å². The van der Waals surface area contributed by atoms with Gasteiger partial charge in [0.1, 0.15) is 17.7 Å². The molecule has 0 aliphatic heterocycles. The van der Waals surface area contributed by atoms with Gasteiger partial charge in [-0.05, 0) is 24.1 Å². The topological polar surface area (TPSA) is 80.9 Å². The Bertz CT molecular complexity index is 824. The molecule has 6 nitrogen and oxygen atoms in total. The number of aromatic carboxylic acids is 1. The molecule has 0 aliphatic carbocycles. The van der Waals surface area contributed by atoms with Gasteiger partial charge in [0.25, 0.3) is 0 Å². The van der Waals surface area contributed by atoms with Gasteiger partial charge in [-0.1, -0.05) is 25.5 Å². The van der Waals surface area contributed by atoms with Gasteiger partial charge in [-0.3, -0.25) is 0 Å². The van der Waals surface area contributed by atoms with Crippen molar-refractivity contribution in [1.82, 2.24) is 19.5 Å². The Kier molecular flexibility index (Phi) is 4.32. The Hall–Kier alpha value is -2.76. The first-order valence-electron chi connectivity index (χ1n) is 7.66. The largest absolute Gasteiger partial charge is 0.478 e. The number of unbranched alkanes of at least 4 members (excludes halogenated alkanes) is 1. The number of carboxylic acid groups (broad SMARTS) is 1. The average Bonchev–Trinajstić information content (AvgIpc) is 2.91. The van der Waals surface area contributed by atoms with Gasteiger partial charge in [-0.2, -0.15) is 0 Å². The molecule has 0 unspecified atom stereocenters. The fourth-order valence-corrected chi connectivity index (χ4v) is 2.55. The molecule has 3 rings (SSSR count). The number of rotatable bonds is 6. The molecule has 0 saturated carbocycles. The molecule has 0 fully saturated rings. The van der Waals surface area contributed by atoms with Gasteiger partial charge >= 0.3 is 5.97 Å². The molecular formula is C17H18N4O2. The summed E-state index contributed by atoms with van der Waals surface area (Å²) in [6.07, 6.45) is 6.30. The lowest BCUT2D eigenvalue weighted by atomic mass is 10.1. The van der Waals surface area contributed by atoms with Crippen molar-refractivity contribution < 1.29 is 9.90 Å². The summed E-state index contributed by atoms with van der Waals surface area (Å²) in [5, 5.41) is 8.98. The highest BCUT2D eigenvalue weighted by Crippen LogP contribution is 2.17. The van der Waals surface area contributed by atoms with E-state index in [1.54, 1.807) is 18.3 Å². The molecule has 2 heterocycles. The molecule has 2 aromatic heterocycles. The van der Waals surface area contributed by atoms with E-state index in [0.717, 1.165) is 41.8 Å². The second kappa shape index (κ2) is 6.56. The SMILES string of the molecule is CCCCc1nc2cncnc2n1Cc1ccc(C(=O)O)cc1. The Morgan fingerprint density at radius 2 is 2.04 bits per heavy atom. The van der Waals surface area contributed by atoms with Gasteiger partial charge in [-0.25, -0.2) is 19.7 Å². The van der Waals surface area contributed by atoms with E-state index in [0.29, 0.717) is 6.54 Å². The molecule has 0 spiro atoms. The monoisotopic (exact) mass is 310 g/mol. The summed E-state index contributed by atoms with van der Waals surface area (Å²) < 4.78 is 2.09. The molecular weight excluding hydrogens is 292 g/mol. The summed E-state index contributed by atoms with van der Waals surface area (Å²) >= 11 is 0. The maximum Gasteiger partial charge on any atom is 0.335 e. The van der Waals surface area contributed by atoms with Gasteiger partial charge in [0.2, 0.25) is 0 Å². The summed E-state index contributed by atoms with van der Waals surface area (Å²) in [5.74, 6) is 0.0747. The molecule has 23 heavy (non-hydrogen) atoms. The minimum Gasteiger partial charge on any atom is -0.478 e. The van der Waals surface area contributed by atoms with Crippen LogP contribution in [0.5, 0.6) is 0 Å². The van der Waals surface area contributed by atoms with Gasteiger partial charge in [0.15, 0.2) is 5.65 Å². The standard InChI is InChI=1S/C17H18N4O2/c1-2-3-4-15-20-14-9-18-11-19-16(14)21(15)10-12-5-7-13(8-6-12)17(22)23/h5-9,11H,2-4,10H2,1H3,(H,22,23). The van der Waals surface area contributed by atoms with Gasteiger partial charge < -0.3 is 9.67 Å². The van der Waals surface area contributed by atoms with Crippen LogP contribution in [0, 0.1) is 0 Å². The number of carboxylic acids is 1. The highest BCUT2D eigenvalue weighted by molar-refractivity contribution is 5.87. The number of hydrogen-bond donors (Lipinski definition) is 1. The van der Waals surface area contributed by atoms with Crippen molar-refractivity contribution in [1.29, 1.82) is 0 Å². The zero-order valence-electron chi connectivity index (χ0n) is 12.9. The molecule has 0 amide bonds. The van der Waals surface area contributed by atoms with Crippen LogP contribution in [0.3, 0.4) is 0 Å². The Balaban J connectivity index is 1.95. The summed E-state index contributed by atoms with van der Waals surface area (Å²) in [6.45, 7) is 2.77. The quantitative estimate of drug-likeness (QED) is 0.757. The lowest BCUT2D eigenvalue weighted by molar-refractivity contribution is 0.0697. The Morgan fingerprint density at radius 1 is 1.26 bits per heavy atom. The summed E-state index contributed by atoms with van der Waals surface area (Å²) in [4.78, 5) is 24.0. The minimum absolute atomic E-state index is 0.290. The maximum atomic E-state index is 10.9. The molecule has 6 heteroatoms. The number of fused-ring (bicyclic) bond motifs is 1. The van der Waals surface area contributed by atoms with Crippen LogP contribution < -0.4 is 0 Å². The molecule has 1 N–H and O–H groups in total. The first-order chi connectivity index (χ1) is 11.2.